The third-order valence-electron chi connectivity index (χ3n) is 2.26. The van der Waals surface area contributed by atoms with E-state index >= 15 is 0 Å². The van der Waals surface area contributed by atoms with Crippen LogP contribution in [0.5, 0.6) is 0 Å². The van der Waals surface area contributed by atoms with Gasteiger partial charge in [0.2, 0.25) is 0 Å². The Kier molecular flexibility index (Phi) is 3.37. The molecular formula is C9H10BrN3O2S2. The van der Waals surface area contributed by atoms with Gasteiger partial charge in [-0.05, 0) is 34.2 Å². The van der Waals surface area contributed by atoms with Crippen molar-refractivity contribution in [3.8, 4) is 0 Å². The topological polar surface area (TPSA) is 67.8 Å². The van der Waals surface area contributed by atoms with E-state index in [0.29, 0.717) is 17.0 Å². The number of pyridine rings is 1. The first kappa shape index (κ1) is 12.7. The molecule has 0 aliphatic rings. The highest BCUT2D eigenvalue weighted by atomic mass is 79.9. The number of halogens is 1. The van der Waals surface area contributed by atoms with Gasteiger partial charge in [-0.15, -0.1) is 0 Å². The first-order valence-corrected chi connectivity index (χ1v) is 8.05. The molecule has 2 aromatic heterocycles. The largest absolute Gasteiger partial charge is 0.329 e. The maximum Gasteiger partial charge on any atom is 0.179 e. The molecular weight excluding hydrogens is 326 g/mol. The SMILES string of the molecule is CS(=O)(=O)CCn1c(=S)[nH]c2cc(Br)cnc21. The molecule has 0 spiro atoms. The molecule has 0 radical (unpaired) electrons. The van der Waals surface area contributed by atoms with E-state index in [-0.39, 0.29) is 5.75 Å². The Bertz CT molecular complexity index is 717. The van der Waals surface area contributed by atoms with Gasteiger partial charge in [0.15, 0.2) is 10.4 Å². The van der Waals surface area contributed by atoms with Crippen LogP contribution in [-0.4, -0.2) is 35.0 Å². The van der Waals surface area contributed by atoms with Crippen LogP contribution in [0.1, 0.15) is 0 Å². The van der Waals surface area contributed by atoms with Crippen LogP contribution in [0.3, 0.4) is 0 Å². The lowest BCUT2D eigenvalue weighted by Crippen LogP contribution is -2.11. The molecule has 0 unspecified atom stereocenters. The zero-order valence-electron chi connectivity index (χ0n) is 8.97. The van der Waals surface area contributed by atoms with Gasteiger partial charge < -0.3 is 9.55 Å². The highest BCUT2D eigenvalue weighted by molar-refractivity contribution is 9.10. The molecule has 17 heavy (non-hydrogen) atoms. The number of nitrogens with zero attached hydrogens (tertiary/aromatic N) is 2. The van der Waals surface area contributed by atoms with Gasteiger partial charge in [-0.25, -0.2) is 13.4 Å². The van der Waals surface area contributed by atoms with Gasteiger partial charge in [-0.2, -0.15) is 0 Å². The molecule has 2 rings (SSSR count). The van der Waals surface area contributed by atoms with E-state index in [1.165, 1.54) is 6.26 Å². The Morgan fingerprint density at radius 1 is 1.59 bits per heavy atom. The van der Waals surface area contributed by atoms with E-state index in [1.807, 2.05) is 6.07 Å². The maximum atomic E-state index is 11.1. The summed E-state index contributed by atoms with van der Waals surface area (Å²) >= 11 is 8.46. The van der Waals surface area contributed by atoms with Gasteiger partial charge in [0.25, 0.3) is 0 Å². The number of hydrogen-bond acceptors (Lipinski definition) is 4. The fourth-order valence-corrected chi connectivity index (χ4v) is 2.62. The van der Waals surface area contributed by atoms with Crippen molar-refractivity contribution < 1.29 is 8.42 Å². The lowest BCUT2D eigenvalue weighted by molar-refractivity contribution is 0.595. The van der Waals surface area contributed by atoms with Gasteiger partial charge in [0.05, 0.1) is 11.3 Å². The second-order valence-corrected chi connectivity index (χ2v) is 7.30. The first-order valence-electron chi connectivity index (χ1n) is 4.78. The van der Waals surface area contributed by atoms with Gasteiger partial charge in [0, 0.05) is 23.5 Å². The number of rotatable bonds is 3. The number of aryl methyl sites for hydroxylation is 1. The van der Waals surface area contributed by atoms with Crippen LogP contribution < -0.4 is 0 Å². The predicted molar refractivity (Wildman–Crippen MR) is 72.3 cm³/mol. The van der Waals surface area contributed by atoms with Crippen molar-refractivity contribution in [1.29, 1.82) is 0 Å². The van der Waals surface area contributed by atoms with Crippen LogP contribution in [0.4, 0.5) is 0 Å². The molecule has 0 saturated carbocycles. The third kappa shape index (κ3) is 2.93. The van der Waals surface area contributed by atoms with Crippen molar-refractivity contribution in [2.24, 2.45) is 0 Å². The normalized spacial score (nSPS) is 12.1. The Balaban J connectivity index is 2.47. The van der Waals surface area contributed by atoms with Gasteiger partial charge in [0.1, 0.15) is 9.84 Å². The summed E-state index contributed by atoms with van der Waals surface area (Å²) in [6.45, 7) is 0.312. The molecule has 92 valence electrons. The second-order valence-electron chi connectivity index (χ2n) is 3.74. The first-order chi connectivity index (χ1) is 7.87. The number of sulfone groups is 1. The van der Waals surface area contributed by atoms with E-state index in [1.54, 1.807) is 10.8 Å². The Labute approximate surface area is 112 Å². The van der Waals surface area contributed by atoms with E-state index in [0.717, 1.165) is 9.99 Å². The van der Waals surface area contributed by atoms with E-state index < -0.39 is 9.84 Å². The molecule has 0 saturated heterocycles. The summed E-state index contributed by atoms with van der Waals surface area (Å²) in [7, 11) is -3.01. The Morgan fingerprint density at radius 3 is 2.94 bits per heavy atom. The lowest BCUT2D eigenvalue weighted by atomic mass is 10.4. The molecule has 0 aliphatic heterocycles. The smallest absolute Gasteiger partial charge is 0.179 e. The van der Waals surface area contributed by atoms with E-state index in [4.69, 9.17) is 12.2 Å². The van der Waals surface area contributed by atoms with Crippen molar-refractivity contribution >= 4 is 49.1 Å². The molecule has 1 N–H and O–H groups in total. The standard InChI is InChI=1S/C9H10BrN3O2S2/c1-17(14,15)3-2-13-8-7(12-9(13)16)4-6(10)5-11-8/h4-5H,2-3H2,1H3,(H,12,16). The fourth-order valence-electron chi connectivity index (χ4n) is 1.48. The molecule has 0 atom stereocenters. The van der Waals surface area contributed by atoms with E-state index in [9.17, 15) is 8.42 Å². The van der Waals surface area contributed by atoms with E-state index in [2.05, 4.69) is 25.9 Å². The number of nitrogens with one attached hydrogen (secondary N) is 1. The third-order valence-corrected chi connectivity index (χ3v) is 3.94. The van der Waals surface area contributed by atoms with Crippen LogP contribution in [0.2, 0.25) is 0 Å². The second kappa shape index (κ2) is 4.51. The van der Waals surface area contributed by atoms with Crippen LogP contribution in [0.15, 0.2) is 16.7 Å². The fraction of sp³-hybridized carbons (Fsp3) is 0.333. The summed E-state index contributed by atoms with van der Waals surface area (Å²) in [5, 5.41) is 0. The van der Waals surface area contributed by atoms with Crippen LogP contribution in [-0.2, 0) is 16.4 Å². The van der Waals surface area contributed by atoms with Crippen LogP contribution in [0, 0.1) is 4.77 Å². The summed E-state index contributed by atoms with van der Waals surface area (Å²) in [6.07, 6.45) is 2.86. The summed E-state index contributed by atoms with van der Waals surface area (Å²) < 4.78 is 25.3. The molecule has 2 heterocycles. The summed E-state index contributed by atoms with van der Waals surface area (Å²) in [5.74, 6) is 0.0476. The molecule has 5 nitrogen and oxygen atoms in total. The molecule has 2 aromatic rings. The van der Waals surface area contributed by atoms with Gasteiger partial charge in [-0.3, -0.25) is 0 Å². The number of hydrogen-bond donors (Lipinski definition) is 1. The van der Waals surface area contributed by atoms with Crippen molar-refractivity contribution in [2.75, 3.05) is 12.0 Å². The average molecular weight is 336 g/mol. The maximum absolute atomic E-state index is 11.1. The Morgan fingerprint density at radius 2 is 2.29 bits per heavy atom. The van der Waals surface area contributed by atoms with Crippen LogP contribution in [0.25, 0.3) is 11.2 Å². The number of fused-ring (bicyclic) bond motifs is 1. The predicted octanol–water partition coefficient (Wildman–Crippen LogP) is 1.90. The minimum Gasteiger partial charge on any atom is -0.329 e. The average Bonchev–Trinajstić information content (AvgIpc) is 2.48. The van der Waals surface area contributed by atoms with Crippen molar-refractivity contribution in [3.63, 3.8) is 0 Å². The highest BCUT2D eigenvalue weighted by Crippen LogP contribution is 2.16. The van der Waals surface area contributed by atoms with Gasteiger partial charge >= 0.3 is 0 Å². The zero-order chi connectivity index (χ0) is 12.6. The van der Waals surface area contributed by atoms with Crippen LogP contribution >= 0.6 is 28.1 Å². The molecule has 0 aliphatic carbocycles. The number of H-pyrrole nitrogens is 1. The number of aromatic nitrogens is 3. The lowest BCUT2D eigenvalue weighted by Gasteiger charge is -2.02. The van der Waals surface area contributed by atoms with Crippen molar-refractivity contribution in [3.05, 3.63) is 21.5 Å². The molecule has 8 heteroatoms. The minimum atomic E-state index is -3.01. The Hall–Kier alpha value is -0.730. The number of imidazole rings is 1. The van der Waals surface area contributed by atoms with Crippen molar-refractivity contribution in [2.45, 2.75) is 6.54 Å². The molecule has 0 amide bonds. The van der Waals surface area contributed by atoms with Gasteiger partial charge in [-0.1, -0.05) is 0 Å². The molecule has 0 aromatic carbocycles. The number of aromatic amines is 1. The summed E-state index contributed by atoms with van der Waals surface area (Å²) in [5.41, 5.74) is 1.46. The van der Waals surface area contributed by atoms with Crippen molar-refractivity contribution in [1.82, 2.24) is 14.5 Å². The quantitative estimate of drug-likeness (QED) is 0.870. The summed E-state index contributed by atoms with van der Waals surface area (Å²) in [6, 6.07) is 1.86. The highest BCUT2D eigenvalue weighted by Gasteiger charge is 2.09. The molecule has 0 bridgehead atoms. The molecule has 0 fully saturated rings. The minimum absolute atomic E-state index is 0.0476. The zero-order valence-corrected chi connectivity index (χ0v) is 12.2. The monoisotopic (exact) mass is 335 g/mol. The summed E-state index contributed by atoms with van der Waals surface area (Å²) in [4.78, 5) is 7.22.